The summed E-state index contributed by atoms with van der Waals surface area (Å²) in [4.78, 5) is 9.77. The molecule has 2 fully saturated rings. The van der Waals surface area contributed by atoms with E-state index in [0.717, 1.165) is 68.8 Å². The van der Waals surface area contributed by atoms with Crippen molar-refractivity contribution in [3.8, 4) is 22.9 Å². The molecule has 10 heteroatoms. The standard InChI is InChI=1S/C26H32FN7O2/c1-32(18-29)26(30)19-6-8-34(9-7-19)25-21(20-2-5-24(27)31-17-20)3-4-23(22(25)16-28)36-15-12-33-10-13-35-14-11-33/h2-5,17-19,29-30H,6-15H2,1H3. The quantitative estimate of drug-likeness (QED) is 0.330. The van der Waals surface area contributed by atoms with Gasteiger partial charge in [-0.05, 0) is 37.1 Å². The van der Waals surface area contributed by atoms with Crippen molar-refractivity contribution >= 4 is 17.9 Å². The van der Waals surface area contributed by atoms with Gasteiger partial charge in [-0.3, -0.25) is 15.7 Å². The van der Waals surface area contributed by atoms with Crippen molar-refractivity contribution in [3.05, 3.63) is 42.0 Å². The molecule has 0 atom stereocenters. The topological polar surface area (TPSA) is 113 Å². The summed E-state index contributed by atoms with van der Waals surface area (Å²) in [6.07, 6.45) is 4.09. The van der Waals surface area contributed by atoms with Crippen molar-refractivity contribution in [2.45, 2.75) is 12.8 Å². The zero-order valence-corrected chi connectivity index (χ0v) is 20.5. The predicted octanol–water partition coefficient (Wildman–Crippen LogP) is 3.20. The van der Waals surface area contributed by atoms with Crippen molar-refractivity contribution in [1.82, 2.24) is 14.8 Å². The van der Waals surface area contributed by atoms with Crippen LogP contribution < -0.4 is 9.64 Å². The Morgan fingerprint density at radius 2 is 2.00 bits per heavy atom. The number of halogens is 1. The molecule has 9 nitrogen and oxygen atoms in total. The third kappa shape index (κ3) is 5.80. The Balaban J connectivity index is 1.60. The fourth-order valence-corrected chi connectivity index (χ4v) is 4.74. The number of pyridine rings is 1. The monoisotopic (exact) mass is 493 g/mol. The Morgan fingerprint density at radius 3 is 2.64 bits per heavy atom. The zero-order valence-electron chi connectivity index (χ0n) is 20.5. The van der Waals surface area contributed by atoms with Crippen molar-refractivity contribution in [3.63, 3.8) is 0 Å². The van der Waals surface area contributed by atoms with E-state index in [1.165, 1.54) is 17.2 Å². The van der Waals surface area contributed by atoms with Gasteiger partial charge in [-0.1, -0.05) is 0 Å². The van der Waals surface area contributed by atoms with E-state index in [2.05, 4.69) is 20.9 Å². The average Bonchev–Trinajstić information content (AvgIpc) is 2.93. The normalized spacial score (nSPS) is 16.9. The first-order chi connectivity index (χ1) is 17.5. The minimum Gasteiger partial charge on any atom is -0.491 e. The number of anilines is 1. The van der Waals surface area contributed by atoms with Crippen molar-refractivity contribution in [2.75, 3.05) is 64.5 Å². The van der Waals surface area contributed by atoms with Gasteiger partial charge in [0.25, 0.3) is 0 Å². The predicted molar refractivity (Wildman–Crippen MR) is 136 cm³/mol. The van der Waals surface area contributed by atoms with E-state index < -0.39 is 5.95 Å². The van der Waals surface area contributed by atoms with Gasteiger partial charge in [-0.2, -0.15) is 9.65 Å². The molecule has 0 saturated carbocycles. The summed E-state index contributed by atoms with van der Waals surface area (Å²) in [6, 6.07) is 9.06. The Morgan fingerprint density at radius 1 is 1.25 bits per heavy atom. The lowest BCUT2D eigenvalue weighted by Gasteiger charge is -2.36. The molecule has 2 saturated heterocycles. The van der Waals surface area contributed by atoms with E-state index >= 15 is 0 Å². The molecule has 2 N–H and O–H groups in total. The molecule has 0 radical (unpaired) electrons. The fourth-order valence-electron chi connectivity index (χ4n) is 4.74. The fraction of sp³-hybridized carbons (Fsp3) is 0.462. The van der Waals surface area contributed by atoms with Crippen LogP contribution in [0.15, 0.2) is 30.5 Å². The molecule has 0 spiro atoms. The van der Waals surface area contributed by atoms with Gasteiger partial charge in [0.2, 0.25) is 5.95 Å². The van der Waals surface area contributed by atoms with Gasteiger partial charge < -0.3 is 19.3 Å². The summed E-state index contributed by atoms with van der Waals surface area (Å²) in [5.41, 5.74) is 2.72. The third-order valence-electron chi connectivity index (χ3n) is 6.83. The number of nitrogens with zero attached hydrogens (tertiary/aromatic N) is 5. The molecule has 36 heavy (non-hydrogen) atoms. The SMILES string of the molecule is CN(C=N)C(=N)C1CCN(c2c(-c3ccc(F)nc3)ccc(OCCN3CCOCC3)c2C#N)CC1. The van der Waals surface area contributed by atoms with E-state index in [-0.39, 0.29) is 5.92 Å². The van der Waals surface area contributed by atoms with Crippen LogP contribution in [-0.4, -0.2) is 86.6 Å². The minimum absolute atomic E-state index is 0.0438. The smallest absolute Gasteiger partial charge is 0.212 e. The maximum Gasteiger partial charge on any atom is 0.212 e. The molecular formula is C26H32FN7O2. The van der Waals surface area contributed by atoms with Crippen LogP contribution in [0.4, 0.5) is 10.1 Å². The molecule has 0 aliphatic carbocycles. The van der Waals surface area contributed by atoms with Crippen LogP contribution in [0.1, 0.15) is 18.4 Å². The maximum absolute atomic E-state index is 13.5. The second kappa shape index (κ2) is 11.9. The van der Waals surface area contributed by atoms with E-state index in [1.54, 1.807) is 13.1 Å². The number of amidine groups is 1. The molecule has 4 rings (SSSR count). The molecule has 1 aromatic carbocycles. The maximum atomic E-state index is 13.5. The van der Waals surface area contributed by atoms with Gasteiger partial charge in [0.05, 0.1) is 25.2 Å². The number of hydrogen-bond donors (Lipinski definition) is 2. The largest absolute Gasteiger partial charge is 0.491 e. The summed E-state index contributed by atoms with van der Waals surface area (Å²) in [5.74, 6) is 0.437. The molecule has 2 aliphatic heterocycles. The number of rotatable bonds is 8. The van der Waals surface area contributed by atoms with Crippen LogP contribution in [0.25, 0.3) is 11.1 Å². The number of benzene rings is 1. The van der Waals surface area contributed by atoms with E-state index in [1.807, 2.05) is 12.1 Å². The van der Waals surface area contributed by atoms with Gasteiger partial charge in [0, 0.05) is 63.0 Å². The average molecular weight is 494 g/mol. The van der Waals surface area contributed by atoms with E-state index in [0.29, 0.717) is 36.8 Å². The highest BCUT2D eigenvalue weighted by Crippen LogP contribution is 2.40. The number of hydrogen-bond acceptors (Lipinski definition) is 8. The van der Waals surface area contributed by atoms with Crippen molar-refractivity contribution in [1.29, 1.82) is 16.1 Å². The molecule has 190 valence electrons. The van der Waals surface area contributed by atoms with Crippen molar-refractivity contribution in [2.24, 2.45) is 5.92 Å². The summed E-state index contributed by atoms with van der Waals surface area (Å²) < 4.78 is 25.0. The number of nitriles is 1. The van der Waals surface area contributed by atoms with Crippen LogP contribution in [0.2, 0.25) is 0 Å². The Kier molecular flexibility index (Phi) is 8.46. The minimum atomic E-state index is -0.557. The molecule has 0 unspecified atom stereocenters. The molecule has 0 amide bonds. The highest BCUT2D eigenvalue weighted by Gasteiger charge is 2.28. The zero-order chi connectivity index (χ0) is 25.5. The summed E-state index contributed by atoms with van der Waals surface area (Å²) in [6.45, 7) is 5.68. The van der Waals surface area contributed by atoms with Crippen molar-refractivity contribution < 1.29 is 13.9 Å². The first kappa shape index (κ1) is 25.5. The van der Waals surface area contributed by atoms with Crippen LogP contribution in [0.5, 0.6) is 5.75 Å². The first-order valence-electron chi connectivity index (χ1n) is 12.2. The second-order valence-corrected chi connectivity index (χ2v) is 9.01. The van der Waals surface area contributed by atoms with E-state index in [9.17, 15) is 9.65 Å². The molecule has 2 aliphatic rings. The molecule has 2 aromatic rings. The van der Waals surface area contributed by atoms with Crippen LogP contribution in [0, 0.1) is 34.0 Å². The highest BCUT2D eigenvalue weighted by atomic mass is 19.1. The number of nitrogens with one attached hydrogen (secondary N) is 2. The van der Waals surface area contributed by atoms with E-state index in [4.69, 9.17) is 20.3 Å². The Bertz CT molecular complexity index is 1100. The second-order valence-electron chi connectivity index (χ2n) is 9.01. The number of aromatic nitrogens is 1. The lowest BCUT2D eigenvalue weighted by molar-refractivity contribution is 0.0322. The lowest BCUT2D eigenvalue weighted by atomic mass is 9.92. The molecular weight excluding hydrogens is 461 g/mol. The summed E-state index contributed by atoms with van der Waals surface area (Å²) in [7, 11) is 1.72. The number of morpholine rings is 1. The lowest BCUT2D eigenvalue weighted by Crippen LogP contribution is -2.41. The van der Waals surface area contributed by atoms with Crippen LogP contribution in [-0.2, 0) is 4.74 Å². The highest BCUT2D eigenvalue weighted by molar-refractivity contribution is 5.91. The van der Waals surface area contributed by atoms with Crippen LogP contribution in [0.3, 0.4) is 0 Å². The Hall–Kier alpha value is -3.55. The third-order valence-corrected chi connectivity index (χ3v) is 6.83. The first-order valence-corrected chi connectivity index (χ1v) is 12.2. The number of ether oxygens (including phenoxy) is 2. The summed E-state index contributed by atoms with van der Waals surface area (Å²) in [5, 5.41) is 26.0. The van der Waals surface area contributed by atoms with Gasteiger partial charge in [0.15, 0.2) is 0 Å². The number of piperidine rings is 1. The molecule has 1 aromatic heterocycles. The van der Waals surface area contributed by atoms with Gasteiger partial charge in [-0.25, -0.2) is 4.98 Å². The van der Waals surface area contributed by atoms with Crippen LogP contribution >= 0.6 is 0 Å². The summed E-state index contributed by atoms with van der Waals surface area (Å²) >= 11 is 0. The Labute approximate surface area is 211 Å². The van der Waals surface area contributed by atoms with Gasteiger partial charge in [-0.15, -0.1) is 0 Å². The van der Waals surface area contributed by atoms with Gasteiger partial charge in [0.1, 0.15) is 29.8 Å². The molecule has 0 bridgehead atoms. The van der Waals surface area contributed by atoms with Gasteiger partial charge >= 0.3 is 0 Å². The molecule has 3 heterocycles.